The number of benzene rings is 3. The van der Waals surface area contributed by atoms with Gasteiger partial charge in [-0.15, -0.1) is 0 Å². The Hall–Kier alpha value is -3.74. The third-order valence-electron chi connectivity index (χ3n) is 5.18. The van der Waals surface area contributed by atoms with E-state index in [2.05, 4.69) is 10.2 Å². The lowest BCUT2D eigenvalue weighted by Crippen LogP contribution is -2.51. The number of phenols is 1. The van der Waals surface area contributed by atoms with Crippen LogP contribution in [0.1, 0.15) is 5.56 Å². The highest BCUT2D eigenvalue weighted by Crippen LogP contribution is 2.23. The van der Waals surface area contributed by atoms with Gasteiger partial charge in [-0.1, -0.05) is 18.2 Å². The molecule has 1 fully saturated rings. The highest BCUT2D eigenvalue weighted by Gasteiger charge is 2.21. The molecule has 1 aliphatic rings. The number of phenolic OH excluding ortho intramolecular Hbond substituents is 1. The molecular weight excluding hydrogens is 397 g/mol. The molecule has 3 aromatic carbocycles. The van der Waals surface area contributed by atoms with E-state index in [1.807, 2.05) is 36.4 Å². The van der Waals surface area contributed by atoms with Crippen molar-refractivity contribution in [1.29, 1.82) is 0 Å². The van der Waals surface area contributed by atoms with Crippen LogP contribution < -0.4 is 15.0 Å². The van der Waals surface area contributed by atoms with Crippen molar-refractivity contribution in [3.63, 3.8) is 0 Å². The number of amides is 2. The molecule has 2 amide bonds. The summed E-state index contributed by atoms with van der Waals surface area (Å²) in [6, 6.07) is 20.3. The van der Waals surface area contributed by atoms with E-state index >= 15 is 0 Å². The number of urea groups is 1. The second-order valence-electron chi connectivity index (χ2n) is 7.35. The number of rotatable bonds is 5. The van der Waals surface area contributed by atoms with E-state index in [1.54, 1.807) is 29.2 Å². The van der Waals surface area contributed by atoms with Crippen molar-refractivity contribution in [2.75, 3.05) is 31.1 Å². The molecule has 7 heteroatoms. The van der Waals surface area contributed by atoms with Gasteiger partial charge in [0.1, 0.15) is 23.1 Å². The van der Waals surface area contributed by atoms with Crippen LogP contribution in [0.5, 0.6) is 17.2 Å². The third-order valence-corrected chi connectivity index (χ3v) is 5.18. The lowest BCUT2D eigenvalue weighted by Gasteiger charge is -2.36. The molecule has 0 spiro atoms. The first-order valence-electron chi connectivity index (χ1n) is 10.2. The van der Waals surface area contributed by atoms with Gasteiger partial charge in [0.05, 0.1) is 0 Å². The summed E-state index contributed by atoms with van der Waals surface area (Å²) in [5, 5.41) is 12.6. The molecule has 6 nitrogen and oxygen atoms in total. The summed E-state index contributed by atoms with van der Waals surface area (Å²) >= 11 is 0. The first-order valence-corrected chi connectivity index (χ1v) is 10.2. The number of hydrogen-bond donors (Lipinski definition) is 2. The maximum absolute atomic E-state index is 13.0. The van der Waals surface area contributed by atoms with Crippen molar-refractivity contribution in [2.45, 2.75) is 6.54 Å². The number of halogens is 1. The quantitative estimate of drug-likeness (QED) is 0.643. The molecule has 0 radical (unpaired) electrons. The van der Waals surface area contributed by atoms with Gasteiger partial charge in [-0.2, -0.15) is 0 Å². The first kappa shape index (κ1) is 20.5. The minimum Gasteiger partial charge on any atom is -0.508 e. The van der Waals surface area contributed by atoms with Crippen LogP contribution in [0.4, 0.5) is 14.9 Å². The van der Waals surface area contributed by atoms with Gasteiger partial charge in [0.2, 0.25) is 0 Å². The number of anilines is 1. The molecule has 31 heavy (non-hydrogen) atoms. The van der Waals surface area contributed by atoms with E-state index in [0.717, 1.165) is 11.3 Å². The summed E-state index contributed by atoms with van der Waals surface area (Å²) < 4.78 is 18.6. The number of nitrogens with one attached hydrogen (secondary N) is 1. The van der Waals surface area contributed by atoms with E-state index in [1.165, 1.54) is 12.1 Å². The van der Waals surface area contributed by atoms with E-state index in [0.29, 0.717) is 44.2 Å². The van der Waals surface area contributed by atoms with Gasteiger partial charge < -0.3 is 25.0 Å². The predicted octanol–water partition coefficient (Wildman–Crippen LogP) is 4.36. The molecule has 4 rings (SSSR count). The Balaban J connectivity index is 1.24. The molecule has 0 unspecified atom stereocenters. The van der Waals surface area contributed by atoms with Gasteiger partial charge in [0.25, 0.3) is 0 Å². The normalized spacial score (nSPS) is 13.7. The van der Waals surface area contributed by atoms with E-state index in [-0.39, 0.29) is 17.6 Å². The van der Waals surface area contributed by atoms with Crippen LogP contribution in [-0.4, -0.2) is 42.2 Å². The summed E-state index contributed by atoms with van der Waals surface area (Å²) in [7, 11) is 0. The van der Waals surface area contributed by atoms with Crippen LogP contribution >= 0.6 is 0 Å². The maximum Gasteiger partial charge on any atom is 0.317 e. The number of carbonyl (C=O) groups is 1. The molecule has 0 bridgehead atoms. The Morgan fingerprint density at radius 1 is 0.935 bits per heavy atom. The largest absolute Gasteiger partial charge is 0.508 e. The van der Waals surface area contributed by atoms with Crippen molar-refractivity contribution in [2.24, 2.45) is 0 Å². The van der Waals surface area contributed by atoms with Crippen molar-refractivity contribution < 1.29 is 19.0 Å². The number of nitrogens with zero attached hydrogens (tertiary/aromatic N) is 2. The van der Waals surface area contributed by atoms with E-state index < -0.39 is 0 Å². The average Bonchev–Trinajstić information content (AvgIpc) is 2.80. The maximum atomic E-state index is 13.0. The Kier molecular flexibility index (Phi) is 6.21. The van der Waals surface area contributed by atoms with Crippen LogP contribution in [0, 0.1) is 5.82 Å². The summed E-state index contributed by atoms with van der Waals surface area (Å²) in [6.45, 7) is 3.08. The van der Waals surface area contributed by atoms with Gasteiger partial charge in [0, 0.05) is 44.5 Å². The number of aromatic hydroxyl groups is 1. The molecule has 3 aromatic rings. The van der Waals surface area contributed by atoms with Gasteiger partial charge in [-0.3, -0.25) is 0 Å². The highest BCUT2D eigenvalue weighted by molar-refractivity contribution is 5.74. The molecular formula is C24H24FN3O3. The number of hydrogen-bond acceptors (Lipinski definition) is 4. The zero-order valence-corrected chi connectivity index (χ0v) is 17.0. The van der Waals surface area contributed by atoms with Crippen molar-refractivity contribution >= 4 is 11.7 Å². The third kappa shape index (κ3) is 5.45. The Bertz CT molecular complexity index is 1020. The number of carbonyl (C=O) groups excluding carboxylic acids is 1. The molecule has 0 aliphatic carbocycles. The van der Waals surface area contributed by atoms with Gasteiger partial charge in [0.15, 0.2) is 0 Å². The monoisotopic (exact) mass is 421 g/mol. The summed E-state index contributed by atoms with van der Waals surface area (Å²) in [5.41, 5.74) is 1.92. The molecule has 0 saturated carbocycles. The molecule has 1 heterocycles. The predicted molar refractivity (Wildman–Crippen MR) is 117 cm³/mol. The van der Waals surface area contributed by atoms with Crippen LogP contribution in [-0.2, 0) is 6.54 Å². The molecule has 1 saturated heterocycles. The number of piperazine rings is 1. The standard InChI is InChI=1S/C24H24FN3O3/c25-19-6-10-23(11-7-19)31-22-8-4-18(5-9-22)17-26-24(30)28-14-12-27(13-15-28)20-2-1-3-21(29)16-20/h1-11,16,29H,12-15,17H2,(H,26,30). The Morgan fingerprint density at radius 3 is 2.23 bits per heavy atom. The molecule has 1 aliphatic heterocycles. The van der Waals surface area contributed by atoms with Crippen LogP contribution in [0.2, 0.25) is 0 Å². The van der Waals surface area contributed by atoms with Crippen LogP contribution in [0.15, 0.2) is 72.8 Å². The molecule has 2 N–H and O–H groups in total. The minimum absolute atomic E-state index is 0.0952. The van der Waals surface area contributed by atoms with Crippen molar-refractivity contribution in [1.82, 2.24) is 10.2 Å². The fourth-order valence-corrected chi connectivity index (χ4v) is 3.46. The topological polar surface area (TPSA) is 65.0 Å². The molecule has 160 valence electrons. The molecule has 0 aromatic heterocycles. The fraction of sp³-hybridized carbons (Fsp3) is 0.208. The van der Waals surface area contributed by atoms with E-state index in [9.17, 15) is 14.3 Å². The van der Waals surface area contributed by atoms with E-state index in [4.69, 9.17) is 4.74 Å². The lowest BCUT2D eigenvalue weighted by atomic mass is 10.2. The second kappa shape index (κ2) is 9.38. The Morgan fingerprint density at radius 2 is 1.58 bits per heavy atom. The van der Waals surface area contributed by atoms with Gasteiger partial charge >= 0.3 is 6.03 Å². The van der Waals surface area contributed by atoms with Crippen molar-refractivity contribution in [3.05, 3.63) is 84.2 Å². The summed E-state index contributed by atoms with van der Waals surface area (Å²) in [4.78, 5) is 16.5. The van der Waals surface area contributed by atoms with Crippen molar-refractivity contribution in [3.8, 4) is 17.2 Å². The fourth-order valence-electron chi connectivity index (χ4n) is 3.46. The smallest absolute Gasteiger partial charge is 0.317 e. The zero-order valence-electron chi connectivity index (χ0n) is 17.0. The summed E-state index contributed by atoms with van der Waals surface area (Å²) in [5.74, 6) is 1.14. The second-order valence-corrected chi connectivity index (χ2v) is 7.35. The van der Waals surface area contributed by atoms with Gasteiger partial charge in [-0.25, -0.2) is 9.18 Å². The SMILES string of the molecule is O=C(NCc1ccc(Oc2ccc(F)cc2)cc1)N1CCN(c2cccc(O)c2)CC1. The average molecular weight is 421 g/mol. The highest BCUT2D eigenvalue weighted by atomic mass is 19.1. The van der Waals surface area contributed by atoms with Crippen LogP contribution in [0.3, 0.4) is 0 Å². The molecule has 0 atom stereocenters. The lowest BCUT2D eigenvalue weighted by molar-refractivity contribution is 0.194. The number of ether oxygens (including phenoxy) is 1. The Labute approximate surface area is 180 Å². The first-order chi connectivity index (χ1) is 15.1. The van der Waals surface area contributed by atoms with Crippen LogP contribution in [0.25, 0.3) is 0 Å². The zero-order chi connectivity index (χ0) is 21.6. The minimum atomic E-state index is -0.306. The summed E-state index contributed by atoms with van der Waals surface area (Å²) in [6.07, 6.45) is 0. The van der Waals surface area contributed by atoms with Gasteiger partial charge in [-0.05, 0) is 54.1 Å².